The van der Waals surface area contributed by atoms with Crippen LogP contribution in [-0.2, 0) is 0 Å². The van der Waals surface area contributed by atoms with Gasteiger partial charge < -0.3 is 5.11 Å². The van der Waals surface area contributed by atoms with E-state index in [1.807, 2.05) is 0 Å². The molecular weight excluding hydrogens is 260 g/mol. The van der Waals surface area contributed by atoms with E-state index in [1.54, 1.807) is 41.3 Å². The second-order valence-electron chi connectivity index (χ2n) is 2.92. The second-order valence-corrected chi connectivity index (χ2v) is 3.77. The molecule has 0 saturated carbocycles. The summed E-state index contributed by atoms with van der Waals surface area (Å²) in [4.78, 5) is 10.9. The fourth-order valence-electron chi connectivity index (χ4n) is 1.24. The first-order valence-corrected chi connectivity index (χ1v) is 5.00. The molecule has 0 aliphatic rings. The minimum absolute atomic E-state index is 0.225. The minimum Gasteiger partial charge on any atom is -0.478 e. The summed E-state index contributed by atoms with van der Waals surface area (Å²) in [5.74, 6) is -0.962. The van der Waals surface area contributed by atoms with Crippen LogP contribution in [0.2, 0.25) is 0 Å². The first kappa shape index (κ1) is 9.92. The summed E-state index contributed by atoms with van der Waals surface area (Å²) in [6.45, 7) is 0. The fraction of sp³-hybridized carbons (Fsp3) is 0. The molecule has 0 saturated heterocycles. The van der Waals surface area contributed by atoms with Crippen molar-refractivity contribution in [1.82, 2.24) is 9.78 Å². The van der Waals surface area contributed by atoms with Crippen LogP contribution in [0.15, 0.2) is 41.1 Å². The predicted molar refractivity (Wildman–Crippen MR) is 58.2 cm³/mol. The molecule has 5 heteroatoms. The maximum atomic E-state index is 10.9. The molecule has 0 aliphatic carbocycles. The van der Waals surface area contributed by atoms with Crippen molar-refractivity contribution in [2.45, 2.75) is 0 Å². The van der Waals surface area contributed by atoms with E-state index in [0.29, 0.717) is 4.47 Å². The average molecular weight is 267 g/mol. The number of hydrogen-bond donors (Lipinski definition) is 1. The Hall–Kier alpha value is -1.62. The van der Waals surface area contributed by atoms with E-state index >= 15 is 0 Å². The van der Waals surface area contributed by atoms with Gasteiger partial charge in [-0.05, 0) is 40.2 Å². The van der Waals surface area contributed by atoms with Gasteiger partial charge in [0, 0.05) is 16.9 Å². The highest BCUT2D eigenvalue weighted by molar-refractivity contribution is 9.10. The highest BCUT2D eigenvalue weighted by Crippen LogP contribution is 2.20. The molecule has 2 rings (SSSR count). The van der Waals surface area contributed by atoms with Gasteiger partial charge in [-0.15, -0.1) is 0 Å². The molecule has 76 valence electrons. The topological polar surface area (TPSA) is 55.1 Å². The molecule has 0 bridgehead atoms. The molecule has 0 spiro atoms. The Morgan fingerprint density at radius 3 is 2.87 bits per heavy atom. The Kier molecular flexibility index (Phi) is 2.55. The quantitative estimate of drug-likeness (QED) is 0.908. The lowest BCUT2D eigenvalue weighted by molar-refractivity contribution is 0.0696. The van der Waals surface area contributed by atoms with Gasteiger partial charge in [-0.2, -0.15) is 5.10 Å². The van der Waals surface area contributed by atoms with Crippen molar-refractivity contribution in [3.05, 3.63) is 46.7 Å². The fourth-order valence-corrected chi connectivity index (χ4v) is 1.66. The molecule has 4 nitrogen and oxygen atoms in total. The van der Waals surface area contributed by atoms with Crippen LogP contribution in [0, 0.1) is 0 Å². The number of rotatable bonds is 2. The summed E-state index contributed by atoms with van der Waals surface area (Å²) in [6.07, 6.45) is 3.40. The van der Waals surface area contributed by atoms with Crippen molar-refractivity contribution in [2.75, 3.05) is 0 Å². The van der Waals surface area contributed by atoms with Crippen molar-refractivity contribution in [1.29, 1.82) is 0 Å². The van der Waals surface area contributed by atoms with Gasteiger partial charge >= 0.3 is 5.97 Å². The Bertz CT molecular complexity index is 494. The third kappa shape index (κ3) is 1.92. The van der Waals surface area contributed by atoms with Crippen molar-refractivity contribution in [3.63, 3.8) is 0 Å². The highest BCUT2D eigenvalue weighted by atomic mass is 79.9. The zero-order valence-corrected chi connectivity index (χ0v) is 9.18. The van der Waals surface area contributed by atoms with E-state index in [2.05, 4.69) is 21.0 Å². The van der Waals surface area contributed by atoms with Crippen LogP contribution in [0.4, 0.5) is 0 Å². The Morgan fingerprint density at radius 2 is 2.27 bits per heavy atom. The third-order valence-electron chi connectivity index (χ3n) is 1.95. The van der Waals surface area contributed by atoms with Crippen LogP contribution in [0.25, 0.3) is 5.69 Å². The van der Waals surface area contributed by atoms with Crippen LogP contribution in [0.1, 0.15) is 10.4 Å². The lowest BCUT2D eigenvalue weighted by Crippen LogP contribution is -2.01. The molecule has 2 aromatic rings. The largest absolute Gasteiger partial charge is 0.478 e. The first-order chi connectivity index (χ1) is 7.18. The molecular formula is C10H7BrN2O2. The molecule has 1 N–H and O–H groups in total. The maximum absolute atomic E-state index is 10.9. The number of aromatic carboxylic acids is 1. The molecule has 0 aliphatic heterocycles. The Labute approximate surface area is 94.3 Å². The number of aromatic nitrogens is 2. The Morgan fingerprint density at radius 1 is 1.47 bits per heavy atom. The molecule has 0 amide bonds. The van der Waals surface area contributed by atoms with Crippen molar-refractivity contribution in [3.8, 4) is 5.69 Å². The number of nitrogens with zero attached hydrogens (tertiary/aromatic N) is 2. The van der Waals surface area contributed by atoms with Crippen LogP contribution in [0.3, 0.4) is 0 Å². The molecule has 1 heterocycles. The summed E-state index contributed by atoms with van der Waals surface area (Å²) in [6, 6.07) is 6.84. The zero-order chi connectivity index (χ0) is 10.8. The third-order valence-corrected chi connectivity index (χ3v) is 2.64. The van der Waals surface area contributed by atoms with Gasteiger partial charge in [-0.1, -0.05) is 0 Å². The summed E-state index contributed by atoms with van der Waals surface area (Å²) < 4.78 is 2.17. The van der Waals surface area contributed by atoms with E-state index in [1.165, 1.54) is 0 Å². The molecule has 0 fully saturated rings. The van der Waals surface area contributed by atoms with E-state index in [9.17, 15) is 4.79 Å². The molecule has 0 radical (unpaired) electrons. The van der Waals surface area contributed by atoms with Crippen LogP contribution < -0.4 is 0 Å². The summed E-state index contributed by atoms with van der Waals surface area (Å²) in [7, 11) is 0. The zero-order valence-electron chi connectivity index (χ0n) is 7.59. The molecule has 0 unspecified atom stereocenters. The molecule has 1 aromatic heterocycles. The minimum atomic E-state index is -0.962. The lowest BCUT2D eigenvalue weighted by atomic mass is 10.2. The van der Waals surface area contributed by atoms with Crippen molar-refractivity contribution in [2.24, 2.45) is 0 Å². The van der Waals surface area contributed by atoms with Gasteiger partial charge in [0.25, 0.3) is 0 Å². The molecule has 15 heavy (non-hydrogen) atoms. The number of hydrogen-bond acceptors (Lipinski definition) is 2. The van der Waals surface area contributed by atoms with Crippen LogP contribution in [0.5, 0.6) is 0 Å². The lowest BCUT2D eigenvalue weighted by Gasteiger charge is -2.04. The predicted octanol–water partition coefficient (Wildman–Crippen LogP) is 2.33. The Balaban J connectivity index is 2.52. The van der Waals surface area contributed by atoms with Gasteiger partial charge in [-0.3, -0.25) is 0 Å². The number of halogens is 1. The van der Waals surface area contributed by atoms with E-state index in [4.69, 9.17) is 5.11 Å². The maximum Gasteiger partial charge on any atom is 0.336 e. The van der Waals surface area contributed by atoms with Crippen molar-refractivity contribution >= 4 is 21.9 Å². The van der Waals surface area contributed by atoms with E-state index in [-0.39, 0.29) is 5.56 Å². The van der Waals surface area contributed by atoms with Gasteiger partial charge in [0.1, 0.15) is 0 Å². The summed E-state index contributed by atoms with van der Waals surface area (Å²) in [5.41, 5.74) is 0.948. The SMILES string of the molecule is O=C(O)c1cc(-n2cccn2)ccc1Br. The monoisotopic (exact) mass is 266 g/mol. The van der Waals surface area contributed by atoms with Gasteiger partial charge in [-0.25, -0.2) is 9.48 Å². The van der Waals surface area contributed by atoms with Gasteiger partial charge in [0.05, 0.1) is 11.3 Å². The van der Waals surface area contributed by atoms with E-state index in [0.717, 1.165) is 5.69 Å². The van der Waals surface area contributed by atoms with Crippen molar-refractivity contribution < 1.29 is 9.90 Å². The van der Waals surface area contributed by atoms with Crippen LogP contribution >= 0.6 is 15.9 Å². The summed E-state index contributed by atoms with van der Waals surface area (Å²) in [5, 5.41) is 13.0. The second kappa shape index (κ2) is 3.86. The molecule has 1 aromatic carbocycles. The number of carboxylic acid groups (broad SMARTS) is 1. The summed E-state index contributed by atoms with van der Waals surface area (Å²) >= 11 is 3.18. The number of carbonyl (C=O) groups is 1. The number of carboxylic acids is 1. The molecule has 0 atom stereocenters. The van der Waals surface area contributed by atoms with Gasteiger partial charge in [0.15, 0.2) is 0 Å². The standard InChI is InChI=1S/C10H7BrN2O2/c11-9-3-2-7(6-8(9)10(14)15)13-5-1-4-12-13/h1-6H,(H,14,15). The smallest absolute Gasteiger partial charge is 0.336 e. The number of benzene rings is 1. The average Bonchev–Trinajstić information content (AvgIpc) is 2.71. The van der Waals surface area contributed by atoms with Crippen LogP contribution in [-0.4, -0.2) is 20.9 Å². The highest BCUT2D eigenvalue weighted by Gasteiger charge is 2.09. The van der Waals surface area contributed by atoms with E-state index < -0.39 is 5.97 Å². The van der Waals surface area contributed by atoms with Gasteiger partial charge in [0.2, 0.25) is 0 Å². The first-order valence-electron chi connectivity index (χ1n) is 4.21. The normalized spacial score (nSPS) is 10.2.